The van der Waals surface area contributed by atoms with Crippen LogP contribution in [0.3, 0.4) is 0 Å². The quantitative estimate of drug-likeness (QED) is 0.857. The Kier molecular flexibility index (Phi) is 5.95. The van der Waals surface area contributed by atoms with Crippen LogP contribution in [0.4, 0.5) is 0 Å². The highest BCUT2D eigenvalue weighted by molar-refractivity contribution is 7.91. The van der Waals surface area contributed by atoms with Crippen LogP contribution in [0.1, 0.15) is 45.4 Å². The zero-order valence-electron chi connectivity index (χ0n) is 14.7. The van der Waals surface area contributed by atoms with Crippen LogP contribution in [0.2, 0.25) is 0 Å². The Labute approximate surface area is 146 Å². The average molecular weight is 351 g/mol. The highest BCUT2D eigenvalue weighted by Crippen LogP contribution is 2.29. The largest absolute Gasteiger partial charge is 0.311 e. The number of unbranched alkanes of at least 4 members (excludes halogenated alkanes) is 1. The number of fused-ring (bicyclic) bond motifs is 1. The number of hydrogen-bond acceptors (Lipinski definition) is 4. The van der Waals surface area contributed by atoms with Gasteiger partial charge in [0, 0.05) is 24.7 Å². The highest BCUT2D eigenvalue weighted by atomic mass is 32.2. The molecule has 134 valence electrons. The summed E-state index contributed by atoms with van der Waals surface area (Å²) in [5.74, 6) is 0.219. The van der Waals surface area contributed by atoms with Gasteiger partial charge in [-0.2, -0.15) is 0 Å². The Morgan fingerprint density at radius 3 is 2.67 bits per heavy atom. The summed E-state index contributed by atoms with van der Waals surface area (Å²) in [4.78, 5) is 2.97. The molecule has 1 aromatic carbocycles. The number of benzene rings is 1. The zero-order valence-corrected chi connectivity index (χ0v) is 15.5. The summed E-state index contributed by atoms with van der Waals surface area (Å²) in [6.45, 7) is 4.02. The van der Waals surface area contributed by atoms with Gasteiger partial charge in [0.05, 0.1) is 10.6 Å². The first-order valence-electron chi connectivity index (χ1n) is 9.39. The Morgan fingerprint density at radius 2 is 1.92 bits per heavy atom. The van der Waals surface area contributed by atoms with E-state index >= 15 is 0 Å². The number of nitrogens with zero attached hydrogens (tertiary/aromatic N) is 1. The maximum Gasteiger partial charge on any atom is 0.179 e. The molecule has 1 saturated carbocycles. The number of rotatable bonds is 6. The van der Waals surface area contributed by atoms with Crippen LogP contribution in [-0.2, 0) is 9.84 Å². The molecule has 1 heterocycles. The van der Waals surface area contributed by atoms with Crippen LogP contribution >= 0.6 is 0 Å². The van der Waals surface area contributed by atoms with Crippen LogP contribution in [-0.4, -0.2) is 50.3 Å². The standard InChI is InChI=1S/C19H30N2O2S/c1-2-3-13-21-16(14-20-18-11-7-8-12-19(18)21)15-24(22,23)17-9-5-4-6-10-17/h4-6,9-10,16,18-20H,2-3,7-8,11-15H2,1H3/t16-,18-,19-/m0/s1. The summed E-state index contributed by atoms with van der Waals surface area (Å²) in [6, 6.07) is 10.0. The van der Waals surface area contributed by atoms with Gasteiger partial charge in [-0.05, 0) is 37.9 Å². The molecule has 1 aliphatic carbocycles. The van der Waals surface area contributed by atoms with Crippen LogP contribution in [0.15, 0.2) is 35.2 Å². The molecule has 3 atom stereocenters. The maximum absolute atomic E-state index is 12.8. The Hall–Kier alpha value is -0.910. The fourth-order valence-corrected chi connectivity index (χ4v) is 5.82. The van der Waals surface area contributed by atoms with E-state index in [2.05, 4.69) is 17.1 Å². The molecule has 0 radical (unpaired) electrons. The van der Waals surface area contributed by atoms with Crippen molar-refractivity contribution in [1.29, 1.82) is 0 Å². The van der Waals surface area contributed by atoms with E-state index in [9.17, 15) is 8.42 Å². The molecule has 1 saturated heterocycles. The summed E-state index contributed by atoms with van der Waals surface area (Å²) in [5, 5.41) is 3.65. The van der Waals surface area contributed by atoms with Crippen molar-refractivity contribution in [2.45, 2.75) is 68.5 Å². The van der Waals surface area contributed by atoms with Crippen molar-refractivity contribution in [3.05, 3.63) is 30.3 Å². The smallest absolute Gasteiger partial charge is 0.179 e. The Morgan fingerprint density at radius 1 is 1.17 bits per heavy atom. The fraction of sp³-hybridized carbons (Fsp3) is 0.684. The molecule has 2 aliphatic rings. The van der Waals surface area contributed by atoms with Crippen LogP contribution in [0.5, 0.6) is 0 Å². The molecule has 24 heavy (non-hydrogen) atoms. The normalized spacial score (nSPS) is 28.5. The molecular formula is C19H30N2O2S. The van der Waals surface area contributed by atoms with Crippen molar-refractivity contribution >= 4 is 9.84 Å². The van der Waals surface area contributed by atoms with E-state index in [1.807, 2.05) is 6.07 Å². The van der Waals surface area contributed by atoms with Gasteiger partial charge in [0.15, 0.2) is 9.84 Å². The second-order valence-electron chi connectivity index (χ2n) is 7.21. The summed E-state index contributed by atoms with van der Waals surface area (Å²) >= 11 is 0. The molecule has 1 aromatic rings. The lowest BCUT2D eigenvalue weighted by molar-refractivity contribution is 0.0475. The summed E-state index contributed by atoms with van der Waals surface area (Å²) in [7, 11) is -3.24. The second kappa shape index (κ2) is 7.98. The lowest BCUT2D eigenvalue weighted by Crippen LogP contribution is -2.65. The van der Waals surface area contributed by atoms with E-state index in [4.69, 9.17) is 0 Å². The molecule has 2 fully saturated rings. The molecule has 4 nitrogen and oxygen atoms in total. The lowest BCUT2D eigenvalue weighted by Gasteiger charge is -2.49. The van der Waals surface area contributed by atoms with E-state index in [1.54, 1.807) is 24.3 Å². The van der Waals surface area contributed by atoms with Crippen molar-refractivity contribution in [3.63, 3.8) is 0 Å². The predicted octanol–water partition coefficient (Wildman–Crippen LogP) is 2.85. The van der Waals surface area contributed by atoms with Crippen molar-refractivity contribution in [1.82, 2.24) is 10.2 Å². The number of sulfone groups is 1. The molecular weight excluding hydrogens is 320 g/mol. The van der Waals surface area contributed by atoms with Crippen molar-refractivity contribution in [2.24, 2.45) is 0 Å². The lowest BCUT2D eigenvalue weighted by atomic mass is 9.86. The molecule has 0 spiro atoms. The molecule has 3 rings (SSSR count). The van der Waals surface area contributed by atoms with Gasteiger partial charge in [-0.1, -0.05) is 44.4 Å². The number of hydrogen-bond donors (Lipinski definition) is 1. The first-order valence-corrected chi connectivity index (χ1v) is 11.0. The van der Waals surface area contributed by atoms with E-state index in [0.717, 1.165) is 25.9 Å². The van der Waals surface area contributed by atoms with Crippen molar-refractivity contribution < 1.29 is 8.42 Å². The SMILES string of the molecule is CCCCN1[C@H](CS(=O)(=O)c2ccccc2)CN[C@H]2CCCC[C@@H]21. The molecule has 0 aromatic heterocycles. The summed E-state index contributed by atoms with van der Waals surface area (Å²) < 4.78 is 25.7. The van der Waals surface area contributed by atoms with E-state index in [0.29, 0.717) is 17.0 Å². The van der Waals surface area contributed by atoms with E-state index in [-0.39, 0.29) is 11.8 Å². The minimum atomic E-state index is -3.24. The Balaban J connectivity index is 1.77. The molecule has 0 amide bonds. The van der Waals surface area contributed by atoms with E-state index in [1.165, 1.54) is 25.7 Å². The third-order valence-electron chi connectivity index (χ3n) is 5.52. The predicted molar refractivity (Wildman–Crippen MR) is 97.9 cm³/mol. The van der Waals surface area contributed by atoms with Gasteiger partial charge in [-0.15, -0.1) is 0 Å². The summed E-state index contributed by atoms with van der Waals surface area (Å²) in [6.07, 6.45) is 7.28. The van der Waals surface area contributed by atoms with Gasteiger partial charge in [0.1, 0.15) is 0 Å². The van der Waals surface area contributed by atoms with Crippen LogP contribution < -0.4 is 5.32 Å². The van der Waals surface area contributed by atoms with Crippen LogP contribution in [0.25, 0.3) is 0 Å². The van der Waals surface area contributed by atoms with Crippen molar-refractivity contribution in [2.75, 3.05) is 18.8 Å². The highest BCUT2D eigenvalue weighted by Gasteiger charge is 2.39. The monoisotopic (exact) mass is 350 g/mol. The first-order chi connectivity index (χ1) is 11.6. The first kappa shape index (κ1) is 17.9. The molecule has 0 bridgehead atoms. The minimum absolute atomic E-state index is 0.0844. The van der Waals surface area contributed by atoms with Gasteiger partial charge in [-0.3, -0.25) is 4.90 Å². The van der Waals surface area contributed by atoms with Gasteiger partial charge < -0.3 is 5.32 Å². The minimum Gasteiger partial charge on any atom is -0.311 e. The number of piperazine rings is 1. The molecule has 1 N–H and O–H groups in total. The third kappa shape index (κ3) is 4.01. The topological polar surface area (TPSA) is 49.4 Å². The van der Waals surface area contributed by atoms with E-state index < -0.39 is 9.84 Å². The molecule has 0 unspecified atom stereocenters. The molecule has 5 heteroatoms. The van der Waals surface area contributed by atoms with Crippen molar-refractivity contribution in [3.8, 4) is 0 Å². The molecule has 1 aliphatic heterocycles. The zero-order chi connectivity index (χ0) is 17.0. The Bertz CT molecular complexity index is 618. The average Bonchev–Trinajstić information content (AvgIpc) is 2.61. The van der Waals surface area contributed by atoms with Gasteiger partial charge in [0.2, 0.25) is 0 Å². The van der Waals surface area contributed by atoms with Gasteiger partial charge >= 0.3 is 0 Å². The second-order valence-corrected chi connectivity index (χ2v) is 9.24. The third-order valence-corrected chi connectivity index (χ3v) is 7.34. The maximum atomic E-state index is 12.8. The van der Waals surface area contributed by atoms with Gasteiger partial charge in [-0.25, -0.2) is 8.42 Å². The van der Waals surface area contributed by atoms with Crippen LogP contribution in [0, 0.1) is 0 Å². The number of nitrogens with one attached hydrogen (secondary N) is 1. The van der Waals surface area contributed by atoms with Gasteiger partial charge in [0.25, 0.3) is 0 Å². The fourth-order valence-electron chi connectivity index (χ4n) is 4.24. The summed E-state index contributed by atoms with van der Waals surface area (Å²) in [5.41, 5.74) is 0.